The van der Waals surface area contributed by atoms with Crippen molar-refractivity contribution >= 4 is 38.0 Å². The third kappa shape index (κ3) is 1.53. The van der Waals surface area contributed by atoms with Gasteiger partial charge in [-0.05, 0) is 25.1 Å². The predicted molar refractivity (Wildman–Crippen MR) is 62.4 cm³/mol. The van der Waals surface area contributed by atoms with Crippen molar-refractivity contribution in [3.63, 3.8) is 0 Å². The minimum absolute atomic E-state index is 0.645. The molecule has 2 N–H and O–H groups in total. The summed E-state index contributed by atoms with van der Waals surface area (Å²) in [5, 5.41) is 2.49. The number of nitrogens with two attached hydrogens (primary N) is 1. The summed E-state index contributed by atoms with van der Waals surface area (Å²) in [5.74, 6) is 0.847. The van der Waals surface area contributed by atoms with Crippen LogP contribution in [0.1, 0.15) is 6.92 Å². The van der Waals surface area contributed by atoms with Gasteiger partial charge in [-0.1, -0.05) is 11.6 Å². The lowest BCUT2D eigenvalue weighted by Gasteiger charge is -2.04. The molecule has 2 aromatic rings. The fourth-order valence-electron chi connectivity index (χ4n) is 1.37. The van der Waals surface area contributed by atoms with Gasteiger partial charge >= 0.3 is 0 Å². The van der Waals surface area contributed by atoms with E-state index < -0.39 is 0 Å². The number of anilines is 1. The maximum Gasteiger partial charge on any atom is 0.128 e. The summed E-state index contributed by atoms with van der Waals surface area (Å²) in [6.07, 6.45) is 0. The van der Waals surface area contributed by atoms with Crippen LogP contribution in [0.15, 0.2) is 18.2 Å². The van der Waals surface area contributed by atoms with Crippen molar-refractivity contribution < 1.29 is 4.74 Å². The quantitative estimate of drug-likeness (QED) is 0.852. The Bertz CT molecular complexity index is 466. The first-order chi connectivity index (χ1) is 6.72. The summed E-state index contributed by atoms with van der Waals surface area (Å²) in [7, 11) is 0. The van der Waals surface area contributed by atoms with E-state index >= 15 is 0 Å². The van der Waals surface area contributed by atoms with Gasteiger partial charge in [0.2, 0.25) is 0 Å². The minimum Gasteiger partial charge on any atom is -0.493 e. The second kappa shape index (κ2) is 3.67. The fraction of sp³-hybridized carbons (Fsp3) is 0.200. The molecule has 2 nitrogen and oxygen atoms in total. The highest BCUT2D eigenvalue weighted by molar-refractivity contribution is 7.23. The van der Waals surface area contributed by atoms with E-state index in [0.717, 1.165) is 25.9 Å². The van der Waals surface area contributed by atoms with E-state index in [1.54, 1.807) is 0 Å². The molecule has 0 spiro atoms. The lowest BCUT2D eigenvalue weighted by molar-refractivity contribution is 0.344. The molecule has 0 aliphatic rings. The van der Waals surface area contributed by atoms with Gasteiger partial charge in [-0.15, -0.1) is 11.3 Å². The average molecular weight is 228 g/mol. The van der Waals surface area contributed by atoms with Gasteiger partial charge in [0.1, 0.15) is 5.75 Å². The zero-order valence-electron chi connectivity index (χ0n) is 7.71. The van der Waals surface area contributed by atoms with E-state index in [1.165, 1.54) is 11.3 Å². The van der Waals surface area contributed by atoms with Crippen molar-refractivity contribution in [2.45, 2.75) is 6.92 Å². The summed E-state index contributed by atoms with van der Waals surface area (Å²) in [5.41, 5.74) is 5.73. The molecule has 4 heteroatoms. The molecule has 0 amide bonds. The summed E-state index contributed by atoms with van der Waals surface area (Å²) < 4.78 is 6.48. The third-order valence-electron chi connectivity index (χ3n) is 1.91. The van der Waals surface area contributed by atoms with Crippen molar-refractivity contribution in [3.05, 3.63) is 23.2 Å². The molecule has 2 rings (SSSR count). The van der Waals surface area contributed by atoms with Gasteiger partial charge in [-0.2, -0.15) is 0 Å². The van der Waals surface area contributed by atoms with E-state index in [0.29, 0.717) is 6.61 Å². The Kier molecular flexibility index (Phi) is 2.52. The lowest BCUT2D eigenvalue weighted by atomic mass is 10.2. The average Bonchev–Trinajstić information content (AvgIpc) is 2.53. The van der Waals surface area contributed by atoms with Gasteiger partial charge in [0, 0.05) is 5.39 Å². The summed E-state index contributed by atoms with van der Waals surface area (Å²) in [6.45, 7) is 2.60. The SMILES string of the molecule is CCOc1ccc(Cl)c2sc(N)cc12. The zero-order valence-corrected chi connectivity index (χ0v) is 9.28. The molecule has 0 unspecified atom stereocenters. The highest BCUT2D eigenvalue weighted by atomic mass is 35.5. The first-order valence-electron chi connectivity index (χ1n) is 4.32. The molecule has 0 saturated heterocycles. The van der Waals surface area contributed by atoms with Crippen LogP contribution in [0.4, 0.5) is 5.00 Å². The number of hydrogen-bond acceptors (Lipinski definition) is 3. The first-order valence-corrected chi connectivity index (χ1v) is 5.52. The Hall–Kier alpha value is -0.930. The van der Waals surface area contributed by atoms with Gasteiger partial charge in [-0.25, -0.2) is 0 Å². The standard InChI is InChI=1S/C10H10ClNOS/c1-2-13-8-4-3-7(11)10-6(8)5-9(12)14-10/h3-5H,2,12H2,1H3. The van der Waals surface area contributed by atoms with Gasteiger partial charge in [-0.3, -0.25) is 0 Å². The van der Waals surface area contributed by atoms with Crippen molar-refractivity contribution in [3.8, 4) is 5.75 Å². The molecule has 0 atom stereocenters. The maximum atomic E-state index is 6.04. The van der Waals surface area contributed by atoms with Crippen LogP contribution >= 0.6 is 22.9 Å². The molecule has 0 saturated carbocycles. The minimum atomic E-state index is 0.645. The van der Waals surface area contributed by atoms with E-state index in [-0.39, 0.29) is 0 Å². The molecule has 14 heavy (non-hydrogen) atoms. The smallest absolute Gasteiger partial charge is 0.128 e. The van der Waals surface area contributed by atoms with E-state index in [9.17, 15) is 0 Å². The topological polar surface area (TPSA) is 35.2 Å². The monoisotopic (exact) mass is 227 g/mol. The number of fused-ring (bicyclic) bond motifs is 1. The van der Waals surface area contributed by atoms with Crippen molar-refractivity contribution in [1.82, 2.24) is 0 Å². The van der Waals surface area contributed by atoms with Crippen LogP contribution in [0.3, 0.4) is 0 Å². The van der Waals surface area contributed by atoms with Gasteiger partial charge in [0.25, 0.3) is 0 Å². The normalized spacial score (nSPS) is 10.7. The Balaban J connectivity index is 2.68. The molecule has 0 fully saturated rings. The Morgan fingerprint density at radius 2 is 2.29 bits per heavy atom. The van der Waals surface area contributed by atoms with E-state index in [2.05, 4.69) is 0 Å². The number of halogens is 1. The Morgan fingerprint density at radius 1 is 1.50 bits per heavy atom. The van der Waals surface area contributed by atoms with Crippen LogP contribution in [-0.4, -0.2) is 6.61 Å². The highest BCUT2D eigenvalue weighted by Crippen LogP contribution is 2.38. The number of nitrogen functional groups attached to an aromatic ring is 1. The molecule has 0 aliphatic heterocycles. The van der Waals surface area contributed by atoms with Crippen LogP contribution in [0.2, 0.25) is 5.02 Å². The first kappa shape index (κ1) is 9.62. The zero-order chi connectivity index (χ0) is 10.1. The number of ether oxygens (including phenoxy) is 1. The Labute approximate surface area is 91.2 Å². The Morgan fingerprint density at radius 3 is 3.00 bits per heavy atom. The molecule has 0 aliphatic carbocycles. The molecule has 74 valence electrons. The molecule has 1 heterocycles. The summed E-state index contributed by atoms with van der Waals surface area (Å²) >= 11 is 7.53. The summed E-state index contributed by atoms with van der Waals surface area (Å²) in [6, 6.07) is 5.61. The largest absolute Gasteiger partial charge is 0.493 e. The summed E-state index contributed by atoms with van der Waals surface area (Å²) in [4.78, 5) is 0. The van der Waals surface area contributed by atoms with Gasteiger partial charge in [0.15, 0.2) is 0 Å². The third-order valence-corrected chi connectivity index (χ3v) is 3.34. The maximum absolute atomic E-state index is 6.04. The lowest BCUT2D eigenvalue weighted by Crippen LogP contribution is -1.91. The highest BCUT2D eigenvalue weighted by Gasteiger charge is 2.08. The van der Waals surface area contributed by atoms with Crippen molar-refractivity contribution in [2.75, 3.05) is 12.3 Å². The molecule has 1 aromatic heterocycles. The van der Waals surface area contributed by atoms with Gasteiger partial charge < -0.3 is 10.5 Å². The number of hydrogen-bond donors (Lipinski definition) is 1. The molecule has 0 radical (unpaired) electrons. The fourth-order valence-corrected chi connectivity index (χ4v) is 2.49. The number of rotatable bonds is 2. The van der Waals surface area contributed by atoms with E-state index in [1.807, 2.05) is 25.1 Å². The van der Waals surface area contributed by atoms with Crippen LogP contribution in [0.25, 0.3) is 10.1 Å². The second-order valence-electron chi connectivity index (χ2n) is 2.87. The van der Waals surface area contributed by atoms with Crippen LogP contribution in [0, 0.1) is 0 Å². The van der Waals surface area contributed by atoms with Crippen LogP contribution < -0.4 is 10.5 Å². The van der Waals surface area contributed by atoms with Crippen molar-refractivity contribution in [2.24, 2.45) is 0 Å². The van der Waals surface area contributed by atoms with Gasteiger partial charge in [0.05, 0.1) is 21.3 Å². The molecular formula is C10H10ClNOS. The van der Waals surface area contributed by atoms with Crippen molar-refractivity contribution in [1.29, 1.82) is 0 Å². The second-order valence-corrected chi connectivity index (χ2v) is 4.36. The van der Waals surface area contributed by atoms with Crippen LogP contribution in [0.5, 0.6) is 5.75 Å². The molecule has 1 aromatic carbocycles. The number of thiophene rings is 1. The number of benzene rings is 1. The predicted octanol–water partition coefficient (Wildman–Crippen LogP) is 3.54. The van der Waals surface area contributed by atoms with E-state index in [4.69, 9.17) is 22.1 Å². The molecule has 0 bridgehead atoms. The molecular weight excluding hydrogens is 218 g/mol. The van der Waals surface area contributed by atoms with Crippen LogP contribution in [-0.2, 0) is 0 Å².